The van der Waals surface area contributed by atoms with Gasteiger partial charge in [0.25, 0.3) is 5.91 Å². The van der Waals surface area contributed by atoms with E-state index in [0.717, 1.165) is 0 Å². The lowest BCUT2D eigenvalue weighted by atomic mass is 10.1. The van der Waals surface area contributed by atoms with Gasteiger partial charge in [-0.1, -0.05) is 0 Å². The van der Waals surface area contributed by atoms with Crippen molar-refractivity contribution in [1.82, 2.24) is 15.6 Å². The second-order valence-electron chi connectivity index (χ2n) is 5.38. The Bertz CT molecular complexity index is 465. The van der Waals surface area contributed by atoms with Crippen LogP contribution >= 0.6 is 0 Å². The van der Waals surface area contributed by atoms with E-state index in [1.165, 1.54) is 6.20 Å². The molecular weight excluding hydrogens is 258 g/mol. The number of hydrogen-bond acceptors (Lipinski definition) is 5. The maximum Gasteiger partial charge on any atom is 0.252 e. The van der Waals surface area contributed by atoms with Crippen LogP contribution in [0.4, 0.5) is 5.82 Å². The minimum Gasteiger partial charge on any atom is -0.351 e. The Labute approximate surface area is 118 Å². The summed E-state index contributed by atoms with van der Waals surface area (Å²) in [5.41, 5.74) is 2.53. The number of amides is 2. The molecule has 0 aliphatic rings. The van der Waals surface area contributed by atoms with Crippen LogP contribution in [0, 0.1) is 0 Å². The number of carbonyl (C=O) groups excluding carboxylic acids is 2. The van der Waals surface area contributed by atoms with Crippen LogP contribution in [0.1, 0.15) is 37.6 Å². The van der Waals surface area contributed by atoms with E-state index in [4.69, 9.17) is 5.84 Å². The fourth-order valence-electron chi connectivity index (χ4n) is 1.49. The molecule has 1 aromatic heterocycles. The number of anilines is 1. The minimum absolute atomic E-state index is 0.0985. The molecule has 0 unspecified atom stereocenters. The lowest BCUT2D eigenvalue weighted by Crippen LogP contribution is -2.42. The summed E-state index contributed by atoms with van der Waals surface area (Å²) in [5, 5.41) is 5.48. The number of nitrogens with two attached hydrogens (primary N) is 1. The highest BCUT2D eigenvalue weighted by atomic mass is 16.2. The molecule has 20 heavy (non-hydrogen) atoms. The van der Waals surface area contributed by atoms with Crippen LogP contribution in [0.15, 0.2) is 18.3 Å². The van der Waals surface area contributed by atoms with Gasteiger partial charge >= 0.3 is 0 Å². The van der Waals surface area contributed by atoms with E-state index in [2.05, 4.69) is 21.0 Å². The third-order valence-electron chi connectivity index (χ3n) is 2.33. The molecule has 0 saturated heterocycles. The van der Waals surface area contributed by atoms with Crippen LogP contribution in [0.5, 0.6) is 0 Å². The molecule has 1 heterocycles. The number of pyridine rings is 1. The second kappa shape index (κ2) is 6.85. The molecule has 110 valence electrons. The summed E-state index contributed by atoms with van der Waals surface area (Å²) < 4.78 is 0. The van der Waals surface area contributed by atoms with Crippen molar-refractivity contribution < 1.29 is 9.59 Å². The van der Waals surface area contributed by atoms with E-state index in [1.54, 1.807) is 12.1 Å². The predicted octanol–water partition coefficient (Wildman–Crippen LogP) is 0.402. The Morgan fingerprint density at radius 2 is 2.00 bits per heavy atom. The van der Waals surface area contributed by atoms with E-state index >= 15 is 0 Å². The van der Waals surface area contributed by atoms with Gasteiger partial charge in [0, 0.05) is 24.7 Å². The van der Waals surface area contributed by atoms with Gasteiger partial charge in [-0.15, -0.1) is 0 Å². The molecule has 0 aliphatic heterocycles. The van der Waals surface area contributed by atoms with E-state index in [-0.39, 0.29) is 30.3 Å². The van der Waals surface area contributed by atoms with Gasteiger partial charge in [-0.3, -0.25) is 9.59 Å². The average Bonchev–Trinajstić information content (AvgIpc) is 2.36. The molecule has 0 bridgehead atoms. The number of hydrazine groups is 1. The van der Waals surface area contributed by atoms with Gasteiger partial charge in [0.05, 0.1) is 5.56 Å². The predicted molar refractivity (Wildman–Crippen MR) is 76.9 cm³/mol. The largest absolute Gasteiger partial charge is 0.351 e. The van der Waals surface area contributed by atoms with E-state index in [1.807, 2.05) is 20.8 Å². The number of aromatic nitrogens is 1. The first-order valence-corrected chi connectivity index (χ1v) is 6.34. The minimum atomic E-state index is -0.273. The van der Waals surface area contributed by atoms with E-state index < -0.39 is 0 Å². The SMILES string of the molecule is CC(C)(C)NC(=O)CCNC(=O)c1ccc(NN)nc1. The topological polar surface area (TPSA) is 109 Å². The van der Waals surface area contributed by atoms with Gasteiger partial charge in [0.1, 0.15) is 5.82 Å². The van der Waals surface area contributed by atoms with Crippen molar-refractivity contribution in [3.8, 4) is 0 Å². The summed E-state index contributed by atoms with van der Waals surface area (Å²) in [4.78, 5) is 27.3. The van der Waals surface area contributed by atoms with Gasteiger partial charge in [0.15, 0.2) is 0 Å². The molecule has 0 spiro atoms. The lowest BCUT2D eigenvalue weighted by Gasteiger charge is -2.20. The van der Waals surface area contributed by atoms with Crippen molar-refractivity contribution in [2.75, 3.05) is 12.0 Å². The first kappa shape index (κ1) is 15.9. The highest BCUT2D eigenvalue weighted by Crippen LogP contribution is 2.03. The summed E-state index contributed by atoms with van der Waals surface area (Å²) in [6.45, 7) is 5.99. The summed E-state index contributed by atoms with van der Waals surface area (Å²) in [6.07, 6.45) is 1.65. The van der Waals surface area contributed by atoms with Crippen molar-refractivity contribution in [3.63, 3.8) is 0 Å². The summed E-state index contributed by atoms with van der Waals surface area (Å²) in [5.74, 6) is 5.29. The molecule has 0 aromatic carbocycles. The van der Waals surface area contributed by atoms with Crippen molar-refractivity contribution in [3.05, 3.63) is 23.9 Å². The van der Waals surface area contributed by atoms with Crippen molar-refractivity contribution >= 4 is 17.6 Å². The Kier molecular flexibility index (Phi) is 5.45. The smallest absolute Gasteiger partial charge is 0.252 e. The van der Waals surface area contributed by atoms with Gasteiger partial charge in [-0.2, -0.15) is 0 Å². The number of rotatable bonds is 5. The molecule has 0 aliphatic carbocycles. The van der Waals surface area contributed by atoms with Gasteiger partial charge in [-0.25, -0.2) is 10.8 Å². The molecule has 1 rings (SSSR count). The maximum atomic E-state index is 11.8. The zero-order valence-electron chi connectivity index (χ0n) is 12.0. The van der Waals surface area contributed by atoms with E-state index in [9.17, 15) is 9.59 Å². The van der Waals surface area contributed by atoms with Crippen LogP contribution in [0.2, 0.25) is 0 Å². The first-order chi connectivity index (χ1) is 9.31. The van der Waals surface area contributed by atoms with Crippen LogP contribution < -0.4 is 21.9 Å². The molecule has 7 nitrogen and oxygen atoms in total. The Morgan fingerprint density at radius 1 is 1.30 bits per heavy atom. The zero-order valence-corrected chi connectivity index (χ0v) is 12.0. The zero-order chi connectivity index (χ0) is 15.2. The molecule has 0 atom stereocenters. The summed E-state index contributed by atoms with van der Waals surface area (Å²) >= 11 is 0. The standard InChI is InChI=1S/C13H21N5O2/c1-13(2,3)17-11(19)6-7-15-12(20)9-4-5-10(18-14)16-8-9/h4-5,8H,6-7,14H2,1-3H3,(H,15,20)(H,16,18)(H,17,19). The number of nitrogens with zero attached hydrogens (tertiary/aromatic N) is 1. The Hall–Kier alpha value is -2.15. The monoisotopic (exact) mass is 279 g/mol. The Morgan fingerprint density at radius 3 is 2.50 bits per heavy atom. The van der Waals surface area contributed by atoms with E-state index in [0.29, 0.717) is 11.4 Å². The lowest BCUT2D eigenvalue weighted by molar-refractivity contribution is -0.122. The number of hydrogen-bond donors (Lipinski definition) is 4. The van der Waals surface area contributed by atoms with Gasteiger partial charge in [-0.05, 0) is 32.9 Å². The molecule has 2 amide bonds. The van der Waals surface area contributed by atoms with Crippen LogP contribution in [-0.4, -0.2) is 28.9 Å². The number of nitrogen functional groups attached to an aromatic ring is 1. The quantitative estimate of drug-likeness (QED) is 0.461. The van der Waals surface area contributed by atoms with Gasteiger partial charge in [0.2, 0.25) is 5.91 Å². The maximum absolute atomic E-state index is 11.8. The van der Waals surface area contributed by atoms with Crippen molar-refractivity contribution in [2.45, 2.75) is 32.7 Å². The van der Waals surface area contributed by atoms with Crippen LogP contribution in [0.25, 0.3) is 0 Å². The molecular formula is C13H21N5O2. The fourth-order valence-corrected chi connectivity index (χ4v) is 1.49. The van der Waals surface area contributed by atoms with Crippen molar-refractivity contribution in [2.24, 2.45) is 5.84 Å². The molecule has 0 radical (unpaired) electrons. The molecule has 0 fully saturated rings. The summed E-state index contributed by atoms with van der Waals surface area (Å²) in [6, 6.07) is 3.20. The molecule has 1 aromatic rings. The second-order valence-corrected chi connectivity index (χ2v) is 5.38. The highest BCUT2D eigenvalue weighted by molar-refractivity contribution is 5.94. The third-order valence-corrected chi connectivity index (χ3v) is 2.33. The van der Waals surface area contributed by atoms with Crippen LogP contribution in [0.3, 0.4) is 0 Å². The Balaban J connectivity index is 2.38. The van der Waals surface area contributed by atoms with Gasteiger partial charge < -0.3 is 16.1 Å². The fraction of sp³-hybridized carbons (Fsp3) is 0.462. The molecule has 5 N–H and O–H groups in total. The molecule has 7 heteroatoms. The third kappa shape index (κ3) is 5.66. The summed E-state index contributed by atoms with van der Waals surface area (Å²) in [7, 11) is 0. The van der Waals surface area contributed by atoms with Crippen LogP contribution in [-0.2, 0) is 4.79 Å². The first-order valence-electron chi connectivity index (χ1n) is 6.34. The van der Waals surface area contributed by atoms with Crippen molar-refractivity contribution in [1.29, 1.82) is 0 Å². The average molecular weight is 279 g/mol. The normalized spacial score (nSPS) is 10.8. The number of nitrogens with one attached hydrogen (secondary N) is 3. The highest BCUT2D eigenvalue weighted by Gasteiger charge is 2.13. The molecule has 0 saturated carbocycles. The number of carbonyl (C=O) groups is 2.